The Hall–Kier alpha value is -2.29. The van der Waals surface area contributed by atoms with Crippen molar-refractivity contribution in [3.05, 3.63) is 71.7 Å². The maximum absolute atomic E-state index is 13.3. The van der Waals surface area contributed by atoms with E-state index >= 15 is 0 Å². The summed E-state index contributed by atoms with van der Waals surface area (Å²) in [4.78, 5) is 8.07. The highest BCUT2D eigenvalue weighted by molar-refractivity contribution is 5.81. The van der Waals surface area contributed by atoms with E-state index in [4.69, 9.17) is 0 Å². The number of allylic oxidation sites excluding steroid dienone is 4. The Morgan fingerprint density at radius 3 is 2.68 bits per heavy atom. The molecule has 0 aliphatic rings. The largest absolute Gasteiger partial charge is 0.297 e. The molecule has 0 saturated heterocycles. The van der Waals surface area contributed by atoms with Crippen molar-refractivity contribution in [2.24, 2.45) is 9.98 Å². The molecule has 0 saturated carbocycles. The summed E-state index contributed by atoms with van der Waals surface area (Å²) in [5.41, 5.74) is 2.84. The number of hydrogen-bond donors (Lipinski definition) is 0. The van der Waals surface area contributed by atoms with Crippen LogP contribution >= 0.6 is 0 Å². The van der Waals surface area contributed by atoms with Gasteiger partial charge in [-0.05, 0) is 54.2 Å². The molecule has 1 unspecified atom stereocenters. The minimum absolute atomic E-state index is 0.164. The monoisotopic (exact) mass is 298 g/mol. The fraction of sp³-hybridized carbons (Fsp3) is 0.263. The second-order valence-electron chi connectivity index (χ2n) is 5.11. The van der Waals surface area contributed by atoms with Gasteiger partial charge in [0, 0.05) is 25.7 Å². The van der Waals surface area contributed by atoms with E-state index in [9.17, 15) is 4.39 Å². The van der Waals surface area contributed by atoms with E-state index in [1.807, 2.05) is 24.3 Å². The van der Waals surface area contributed by atoms with Gasteiger partial charge in [-0.25, -0.2) is 4.39 Å². The van der Waals surface area contributed by atoms with Crippen molar-refractivity contribution in [3.8, 4) is 0 Å². The Morgan fingerprint density at radius 1 is 1.32 bits per heavy atom. The van der Waals surface area contributed by atoms with Crippen molar-refractivity contribution in [2.45, 2.75) is 26.2 Å². The number of nitrogens with zero attached hydrogens (tertiary/aromatic N) is 2. The van der Waals surface area contributed by atoms with Crippen molar-refractivity contribution in [1.29, 1.82) is 0 Å². The second-order valence-corrected chi connectivity index (χ2v) is 5.11. The van der Waals surface area contributed by atoms with Crippen LogP contribution in [-0.4, -0.2) is 19.5 Å². The van der Waals surface area contributed by atoms with Crippen LogP contribution in [0.2, 0.25) is 0 Å². The van der Waals surface area contributed by atoms with Gasteiger partial charge in [0.05, 0.1) is 0 Å². The summed E-state index contributed by atoms with van der Waals surface area (Å²) in [6.07, 6.45) is 11.5. The van der Waals surface area contributed by atoms with Gasteiger partial charge in [0.1, 0.15) is 5.82 Å². The van der Waals surface area contributed by atoms with Gasteiger partial charge in [0.15, 0.2) is 0 Å². The van der Waals surface area contributed by atoms with Gasteiger partial charge in [-0.3, -0.25) is 9.98 Å². The number of halogens is 1. The smallest absolute Gasteiger partial charge is 0.126 e. The van der Waals surface area contributed by atoms with Crippen LogP contribution in [0.3, 0.4) is 0 Å². The Balaban J connectivity index is 2.72. The Labute approximate surface area is 132 Å². The number of benzene rings is 1. The summed E-state index contributed by atoms with van der Waals surface area (Å²) in [6.45, 7) is 7.73. The fourth-order valence-electron chi connectivity index (χ4n) is 2.01. The van der Waals surface area contributed by atoms with Crippen molar-refractivity contribution >= 4 is 12.4 Å². The molecule has 2 nitrogen and oxygen atoms in total. The Bertz CT molecular complexity index is 610. The molecule has 22 heavy (non-hydrogen) atoms. The molecule has 0 aromatic heterocycles. The first kappa shape index (κ1) is 17.8. The summed E-state index contributed by atoms with van der Waals surface area (Å²) >= 11 is 0. The maximum atomic E-state index is 13.3. The third kappa shape index (κ3) is 6.00. The lowest BCUT2D eigenvalue weighted by Gasteiger charge is -2.13. The minimum Gasteiger partial charge on any atom is -0.297 e. The lowest BCUT2D eigenvalue weighted by atomic mass is 9.93. The van der Waals surface area contributed by atoms with Crippen LogP contribution in [0.5, 0.6) is 0 Å². The summed E-state index contributed by atoms with van der Waals surface area (Å²) in [5.74, 6) is 0.115. The molecule has 1 atom stereocenters. The van der Waals surface area contributed by atoms with Crippen LogP contribution in [-0.2, 0) is 0 Å². The first-order valence-electron chi connectivity index (χ1n) is 7.26. The van der Waals surface area contributed by atoms with Crippen LogP contribution in [0.4, 0.5) is 4.39 Å². The van der Waals surface area contributed by atoms with Crippen LogP contribution in [0.15, 0.2) is 64.8 Å². The van der Waals surface area contributed by atoms with E-state index in [2.05, 4.69) is 23.5 Å². The highest BCUT2D eigenvalue weighted by atomic mass is 19.1. The zero-order valence-corrected chi connectivity index (χ0v) is 13.5. The third-order valence-electron chi connectivity index (χ3n) is 3.31. The molecular weight excluding hydrogens is 275 g/mol. The molecule has 1 aromatic rings. The summed E-state index contributed by atoms with van der Waals surface area (Å²) in [6, 6.07) is 5.26. The van der Waals surface area contributed by atoms with Crippen LogP contribution in [0.25, 0.3) is 0 Å². The molecule has 0 aliphatic heterocycles. The van der Waals surface area contributed by atoms with E-state index in [0.717, 1.165) is 17.6 Å². The molecule has 0 aliphatic carbocycles. The minimum atomic E-state index is -0.164. The second kappa shape index (κ2) is 9.61. The standard InChI is InChI=1S/C19H23FN2/c1-5-17(14-22-11-7-6-10-21-4)12-15(2)18-8-9-19(20)16(3)13-18/h5-11,13-15H,1,12H2,2-4H3/b7-6-,17-14+,21-10?,22-11+. The Kier molecular flexibility index (Phi) is 7.76. The summed E-state index contributed by atoms with van der Waals surface area (Å²) in [5, 5.41) is 0. The molecule has 0 N–H and O–H groups in total. The average molecular weight is 298 g/mol. The normalized spacial score (nSPS) is 14.3. The first-order valence-corrected chi connectivity index (χ1v) is 7.26. The zero-order chi connectivity index (χ0) is 16.4. The fourth-order valence-corrected chi connectivity index (χ4v) is 2.01. The maximum Gasteiger partial charge on any atom is 0.126 e. The zero-order valence-electron chi connectivity index (χ0n) is 13.5. The molecule has 0 bridgehead atoms. The van der Waals surface area contributed by atoms with E-state index < -0.39 is 0 Å². The van der Waals surface area contributed by atoms with Gasteiger partial charge in [0.25, 0.3) is 0 Å². The lowest BCUT2D eigenvalue weighted by Crippen LogP contribution is -1.96. The van der Waals surface area contributed by atoms with E-state index in [1.165, 1.54) is 6.07 Å². The molecule has 0 heterocycles. The third-order valence-corrected chi connectivity index (χ3v) is 3.31. The molecule has 0 fully saturated rings. The molecule has 1 rings (SSSR count). The van der Waals surface area contributed by atoms with E-state index in [-0.39, 0.29) is 11.7 Å². The SMILES string of the molecule is C=C\C(=C/N=C/C=C\C=NC)CC(C)c1ccc(F)c(C)c1. The summed E-state index contributed by atoms with van der Waals surface area (Å²) in [7, 11) is 1.72. The quantitative estimate of drug-likeness (QED) is 0.498. The van der Waals surface area contributed by atoms with Crippen molar-refractivity contribution in [1.82, 2.24) is 0 Å². The number of hydrogen-bond acceptors (Lipinski definition) is 2. The average Bonchev–Trinajstić information content (AvgIpc) is 2.51. The van der Waals surface area contributed by atoms with Crippen LogP contribution in [0, 0.1) is 12.7 Å². The highest BCUT2D eigenvalue weighted by Crippen LogP contribution is 2.25. The molecule has 116 valence electrons. The number of aliphatic imine (C=N–C) groups is 2. The van der Waals surface area contributed by atoms with Gasteiger partial charge in [-0.15, -0.1) is 0 Å². The van der Waals surface area contributed by atoms with Crippen LogP contribution < -0.4 is 0 Å². The highest BCUT2D eigenvalue weighted by Gasteiger charge is 2.08. The predicted octanol–water partition coefficient (Wildman–Crippen LogP) is 5.03. The molecule has 3 heteroatoms. The van der Waals surface area contributed by atoms with Gasteiger partial charge in [0.2, 0.25) is 0 Å². The van der Waals surface area contributed by atoms with Gasteiger partial charge in [-0.1, -0.05) is 31.7 Å². The van der Waals surface area contributed by atoms with Gasteiger partial charge >= 0.3 is 0 Å². The molecular formula is C19H23FN2. The lowest BCUT2D eigenvalue weighted by molar-refractivity contribution is 0.616. The van der Waals surface area contributed by atoms with E-state index in [1.54, 1.807) is 38.7 Å². The van der Waals surface area contributed by atoms with Crippen LogP contribution in [0.1, 0.15) is 30.4 Å². The molecule has 1 aromatic carbocycles. The van der Waals surface area contributed by atoms with Crippen molar-refractivity contribution in [3.63, 3.8) is 0 Å². The molecule has 0 spiro atoms. The number of aryl methyl sites for hydroxylation is 1. The summed E-state index contributed by atoms with van der Waals surface area (Å²) < 4.78 is 13.3. The Morgan fingerprint density at radius 2 is 2.05 bits per heavy atom. The number of rotatable bonds is 7. The predicted molar refractivity (Wildman–Crippen MR) is 94.5 cm³/mol. The van der Waals surface area contributed by atoms with Crippen molar-refractivity contribution in [2.75, 3.05) is 7.05 Å². The van der Waals surface area contributed by atoms with Crippen molar-refractivity contribution < 1.29 is 4.39 Å². The van der Waals surface area contributed by atoms with E-state index in [0.29, 0.717) is 5.56 Å². The topological polar surface area (TPSA) is 24.7 Å². The van der Waals surface area contributed by atoms with Gasteiger partial charge in [-0.2, -0.15) is 0 Å². The van der Waals surface area contributed by atoms with Gasteiger partial charge < -0.3 is 0 Å². The molecule has 0 amide bonds. The first-order chi connectivity index (χ1) is 10.6. The molecule has 0 radical (unpaired) electrons.